The molecule has 1 N–H and O–H groups in total. The van der Waals surface area contributed by atoms with E-state index < -0.39 is 6.04 Å². The van der Waals surface area contributed by atoms with Crippen LogP contribution in [0.3, 0.4) is 0 Å². The molecule has 0 radical (unpaired) electrons. The van der Waals surface area contributed by atoms with Crippen molar-refractivity contribution in [1.29, 1.82) is 0 Å². The van der Waals surface area contributed by atoms with E-state index in [0.717, 1.165) is 40.9 Å². The van der Waals surface area contributed by atoms with E-state index >= 15 is 0 Å². The highest BCUT2D eigenvalue weighted by atomic mass is 35.5. The van der Waals surface area contributed by atoms with Gasteiger partial charge in [0.05, 0.1) is 5.70 Å². The molecule has 1 atom stereocenters. The Morgan fingerprint density at radius 3 is 2.28 bits per heavy atom. The summed E-state index contributed by atoms with van der Waals surface area (Å²) >= 11 is 6.20. The van der Waals surface area contributed by atoms with Gasteiger partial charge in [-0.3, -0.25) is 4.79 Å². The molecule has 5 rings (SSSR count). The maximum absolute atomic E-state index is 13.9. The fourth-order valence-corrected chi connectivity index (χ4v) is 5.02. The Kier molecular flexibility index (Phi) is 6.00. The van der Waals surface area contributed by atoms with Crippen LogP contribution in [0.25, 0.3) is 11.8 Å². The van der Waals surface area contributed by atoms with Gasteiger partial charge >= 0.3 is 0 Å². The van der Waals surface area contributed by atoms with Gasteiger partial charge in [-0.2, -0.15) is 0 Å². The number of nitrogens with zero attached hydrogens (tertiary/aromatic N) is 1. The number of benzene rings is 3. The van der Waals surface area contributed by atoms with Crippen molar-refractivity contribution in [3.05, 3.63) is 101 Å². The molecule has 1 aliphatic heterocycles. The summed E-state index contributed by atoms with van der Waals surface area (Å²) in [6, 6.07) is 26.1. The maximum Gasteiger partial charge on any atom is 0.247 e. The quantitative estimate of drug-likeness (QED) is 0.479. The minimum atomic E-state index is -0.450. The molecule has 3 aromatic carbocycles. The highest BCUT2D eigenvalue weighted by Gasteiger charge is 2.36. The molecule has 162 valence electrons. The monoisotopic (exact) mass is 442 g/mol. The smallest absolute Gasteiger partial charge is 0.247 e. The van der Waals surface area contributed by atoms with E-state index in [0.29, 0.717) is 5.02 Å². The fourth-order valence-electron chi connectivity index (χ4n) is 4.89. The Morgan fingerprint density at radius 2 is 1.53 bits per heavy atom. The van der Waals surface area contributed by atoms with Crippen LogP contribution in [0.1, 0.15) is 54.8 Å². The van der Waals surface area contributed by atoms with Crippen LogP contribution in [-0.4, -0.2) is 11.9 Å². The van der Waals surface area contributed by atoms with E-state index in [9.17, 15) is 4.79 Å². The van der Waals surface area contributed by atoms with Crippen molar-refractivity contribution >= 4 is 35.0 Å². The lowest BCUT2D eigenvalue weighted by atomic mass is 9.89. The zero-order valence-corrected chi connectivity index (χ0v) is 18.8. The van der Waals surface area contributed by atoms with Gasteiger partial charge in [-0.25, -0.2) is 0 Å². The highest BCUT2D eigenvalue weighted by molar-refractivity contribution is 6.30. The summed E-state index contributed by atoms with van der Waals surface area (Å²) < 4.78 is 0. The number of nitrogens with one attached hydrogen (secondary N) is 1. The predicted octanol–water partition coefficient (Wildman–Crippen LogP) is 6.85. The van der Waals surface area contributed by atoms with E-state index in [4.69, 9.17) is 11.6 Å². The Labute approximate surface area is 194 Å². The molecule has 0 saturated heterocycles. The predicted molar refractivity (Wildman–Crippen MR) is 132 cm³/mol. The van der Waals surface area contributed by atoms with Crippen molar-refractivity contribution in [2.24, 2.45) is 0 Å². The first-order chi connectivity index (χ1) is 15.7. The fraction of sp³-hybridized carbons (Fsp3) is 0.250. The van der Waals surface area contributed by atoms with Gasteiger partial charge in [0, 0.05) is 16.8 Å². The van der Waals surface area contributed by atoms with E-state index in [1.807, 2.05) is 54.6 Å². The van der Waals surface area contributed by atoms with Crippen LogP contribution in [-0.2, 0) is 4.79 Å². The number of fused-ring (bicyclic) bond motifs is 1. The SMILES string of the molecule is O=C(NC1CCCCC1)C1c2ccccc2C=C(c2ccccc2)N1c1ccc(Cl)cc1. The number of carbonyl (C=O) groups excluding carboxylic acids is 1. The van der Waals surface area contributed by atoms with Crippen LogP contribution in [0, 0.1) is 0 Å². The number of halogens is 1. The summed E-state index contributed by atoms with van der Waals surface area (Å²) in [5.41, 5.74) is 5.14. The van der Waals surface area contributed by atoms with Gasteiger partial charge in [0.1, 0.15) is 6.04 Å². The molecule has 4 heteroatoms. The third kappa shape index (κ3) is 4.18. The number of amides is 1. The molecule has 1 amide bonds. The molecule has 3 aromatic rings. The molecular weight excluding hydrogens is 416 g/mol. The van der Waals surface area contributed by atoms with Crippen molar-refractivity contribution in [2.75, 3.05) is 4.90 Å². The van der Waals surface area contributed by atoms with Crippen molar-refractivity contribution in [1.82, 2.24) is 5.32 Å². The van der Waals surface area contributed by atoms with Crippen LogP contribution in [0.4, 0.5) is 5.69 Å². The van der Waals surface area contributed by atoms with Crippen LogP contribution >= 0.6 is 11.6 Å². The Morgan fingerprint density at radius 1 is 0.844 bits per heavy atom. The Balaban J connectivity index is 1.63. The third-order valence-corrected chi connectivity index (χ3v) is 6.73. The number of carbonyl (C=O) groups is 1. The minimum absolute atomic E-state index is 0.0563. The first kappa shape index (κ1) is 20.8. The van der Waals surface area contributed by atoms with Crippen LogP contribution in [0.5, 0.6) is 0 Å². The summed E-state index contributed by atoms with van der Waals surface area (Å²) in [6.45, 7) is 0. The van der Waals surface area contributed by atoms with E-state index in [2.05, 4.69) is 40.6 Å². The molecule has 0 aromatic heterocycles. The zero-order valence-electron chi connectivity index (χ0n) is 18.0. The van der Waals surface area contributed by atoms with E-state index in [-0.39, 0.29) is 11.9 Å². The second-order valence-corrected chi connectivity index (χ2v) is 9.05. The lowest BCUT2D eigenvalue weighted by Gasteiger charge is -2.39. The average molecular weight is 443 g/mol. The number of hydrogen-bond donors (Lipinski definition) is 1. The van der Waals surface area contributed by atoms with Crippen molar-refractivity contribution < 1.29 is 4.79 Å². The molecule has 1 fully saturated rings. The van der Waals surface area contributed by atoms with Gasteiger partial charge in [-0.15, -0.1) is 0 Å². The molecular formula is C28H27ClN2O. The summed E-state index contributed by atoms with van der Waals surface area (Å²) in [7, 11) is 0. The van der Waals surface area contributed by atoms with Gasteiger partial charge in [0.2, 0.25) is 5.91 Å². The standard InChI is InChI=1S/C28H27ClN2O/c29-22-15-17-24(18-16-22)31-26(20-9-3-1-4-10-20)19-21-11-7-8-14-25(21)27(31)28(32)30-23-12-5-2-6-13-23/h1,3-4,7-11,14-19,23,27H,2,5-6,12-13H2,(H,30,32). The van der Waals surface area contributed by atoms with Gasteiger partial charge < -0.3 is 10.2 Å². The molecule has 0 bridgehead atoms. The Hall–Kier alpha value is -3.04. The number of anilines is 1. The first-order valence-corrected chi connectivity index (χ1v) is 11.8. The molecule has 32 heavy (non-hydrogen) atoms. The summed E-state index contributed by atoms with van der Waals surface area (Å²) in [5.74, 6) is 0.0563. The Bertz CT molecular complexity index is 1120. The lowest BCUT2D eigenvalue weighted by Crippen LogP contribution is -2.45. The van der Waals surface area contributed by atoms with Crippen molar-refractivity contribution in [2.45, 2.75) is 44.2 Å². The zero-order chi connectivity index (χ0) is 21.9. The maximum atomic E-state index is 13.9. The molecule has 1 aliphatic carbocycles. The molecule has 1 heterocycles. The minimum Gasteiger partial charge on any atom is -0.351 e. The summed E-state index contributed by atoms with van der Waals surface area (Å²) in [6.07, 6.45) is 7.93. The largest absolute Gasteiger partial charge is 0.351 e. The second-order valence-electron chi connectivity index (χ2n) is 8.62. The molecule has 2 aliphatic rings. The van der Waals surface area contributed by atoms with E-state index in [1.165, 1.54) is 19.3 Å². The molecule has 3 nitrogen and oxygen atoms in total. The summed E-state index contributed by atoms with van der Waals surface area (Å²) in [4.78, 5) is 16.0. The van der Waals surface area contributed by atoms with Crippen molar-refractivity contribution in [3.8, 4) is 0 Å². The molecule has 1 unspecified atom stereocenters. The topological polar surface area (TPSA) is 32.3 Å². The van der Waals surface area contributed by atoms with Gasteiger partial charge in [-0.1, -0.05) is 85.5 Å². The van der Waals surface area contributed by atoms with E-state index in [1.54, 1.807) is 0 Å². The van der Waals surface area contributed by atoms with Crippen LogP contribution < -0.4 is 10.2 Å². The van der Waals surface area contributed by atoms with Gasteiger partial charge in [0.25, 0.3) is 0 Å². The van der Waals surface area contributed by atoms with Gasteiger partial charge in [0.15, 0.2) is 0 Å². The van der Waals surface area contributed by atoms with Crippen LogP contribution in [0.2, 0.25) is 5.02 Å². The summed E-state index contributed by atoms with van der Waals surface area (Å²) in [5, 5.41) is 4.06. The third-order valence-electron chi connectivity index (χ3n) is 6.47. The first-order valence-electron chi connectivity index (χ1n) is 11.4. The van der Waals surface area contributed by atoms with Crippen molar-refractivity contribution in [3.63, 3.8) is 0 Å². The average Bonchev–Trinajstić information content (AvgIpc) is 2.84. The lowest BCUT2D eigenvalue weighted by molar-refractivity contribution is -0.123. The van der Waals surface area contributed by atoms with Gasteiger partial charge in [-0.05, 0) is 59.9 Å². The number of rotatable bonds is 4. The highest BCUT2D eigenvalue weighted by Crippen LogP contribution is 2.42. The second kappa shape index (κ2) is 9.22. The molecule has 0 spiro atoms. The normalized spacial score (nSPS) is 18.6. The molecule has 1 saturated carbocycles. The number of hydrogen-bond acceptors (Lipinski definition) is 2. The van der Waals surface area contributed by atoms with Crippen LogP contribution in [0.15, 0.2) is 78.9 Å².